The first kappa shape index (κ1) is 16.3. The molecule has 2 N–H and O–H groups in total. The monoisotopic (exact) mass is 328 g/mol. The maximum absolute atomic E-state index is 12.2. The van der Waals surface area contributed by atoms with Gasteiger partial charge in [0.15, 0.2) is 12.3 Å². The minimum absolute atomic E-state index is 0.00131. The molecule has 0 radical (unpaired) electrons. The van der Waals surface area contributed by atoms with Crippen LogP contribution in [0.4, 0.5) is 5.69 Å². The van der Waals surface area contributed by atoms with Gasteiger partial charge in [0.05, 0.1) is 32.4 Å². The largest absolute Gasteiger partial charge is 0.459 e. The van der Waals surface area contributed by atoms with Crippen LogP contribution >= 0.6 is 0 Å². The van der Waals surface area contributed by atoms with Gasteiger partial charge in [-0.05, 0) is 36.8 Å². The third kappa shape index (κ3) is 4.02. The van der Waals surface area contributed by atoms with Crippen LogP contribution in [0.25, 0.3) is 0 Å². The Bertz CT molecular complexity index is 704. The fourth-order valence-corrected chi connectivity index (χ4v) is 2.91. The Hall–Kier alpha value is -2.60. The Kier molecular flexibility index (Phi) is 4.96. The van der Waals surface area contributed by atoms with Gasteiger partial charge >= 0.3 is 0 Å². The van der Waals surface area contributed by atoms with Crippen LogP contribution in [0.2, 0.25) is 0 Å². The second kappa shape index (κ2) is 7.31. The zero-order chi connectivity index (χ0) is 16.9. The molecule has 24 heavy (non-hydrogen) atoms. The van der Waals surface area contributed by atoms with Crippen LogP contribution in [-0.2, 0) is 4.79 Å². The summed E-state index contributed by atoms with van der Waals surface area (Å²) < 4.78 is 5.15. The first-order valence-electron chi connectivity index (χ1n) is 8.15. The fourth-order valence-electron chi connectivity index (χ4n) is 2.91. The highest BCUT2D eigenvalue weighted by molar-refractivity contribution is 5.92. The fraction of sp³-hybridized carbons (Fsp3) is 0.333. The molecule has 126 valence electrons. The first-order valence-corrected chi connectivity index (χ1v) is 8.15. The number of quaternary nitrogens is 1. The summed E-state index contributed by atoms with van der Waals surface area (Å²) in [5.41, 5.74) is 1.94. The summed E-state index contributed by atoms with van der Waals surface area (Å²) >= 11 is 0. The summed E-state index contributed by atoms with van der Waals surface area (Å²) in [7, 11) is 0. The zero-order valence-corrected chi connectivity index (χ0v) is 13.7. The van der Waals surface area contributed by atoms with Crippen molar-refractivity contribution in [2.45, 2.75) is 6.92 Å². The lowest BCUT2D eigenvalue weighted by atomic mass is 10.2. The van der Waals surface area contributed by atoms with Crippen LogP contribution in [0, 0.1) is 6.92 Å². The number of nitrogens with one attached hydrogen (secondary N) is 2. The Morgan fingerprint density at radius 1 is 1.21 bits per heavy atom. The number of hydrogen-bond donors (Lipinski definition) is 2. The van der Waals surface area contributed by atoms with E-state index in [9.17, 15) is 9.59 Å². The molecular formula is C18H22N3O3+. The zero-order valence-electron chi connectivity index (χ0n) is 13.7. The molecule has 0 unspecified atom stereocenters. The van der Waals surface area contributed by atoms with Crippen molar-refractivity contribution in [3.05, 3.63) is 54.0 Å². The Balaban J connectivity index is 1.47. The summed E-state index contributed by atoms with van der Waals surface area (Å²) in [6.07, 6.45) is 1.50. The number of aryl methyl sites for hydroxylation is 1. The molecule has 0 aliphatic carbocycles. The van der Waals surface area contributed by atoms with E-state index in [1.165, 1.54) is 11.2 Å². The maximum atomic E-state index is 12.2. The van der Waals surface area contributed by atoms with Crippen LogP contribution < -0.4 is 10.2 Å². The topological polar surface area (TPSA) is 67.0 Å². The molecule has 0 atom stereocenters. The van der Waals surface area contributed by atoms with Crippen molar-refractivity contribution in [3.63, 3.8) is 0 Å². The molecule has 2 aromatic rings. The number of nitrogens with zero attached hydrogens (tertiary/aromatic N) is 1. The van der Waals surface area contributed by atoms with Gasteiger partial charge in [-0.25, -0.2) is 0 Å². The molecule has 1 aromatic heterocycles. The van der Waals surface area contributed by atoms with E-state index >= 15 is 0 Å². The quantitative estimate of drug-likeness (QED) is 0.862. The third-order valence-electron chi connectivity index (χ3n) is 4.20. The molecular weight excluding hydrogens is 306 g/mol. The number of carbonyl (C=O) groups excluding carboxylic acids is 2. The molecule has 2 heterocycles. The van der Waals surface area contributed by atoms with Gasteiger partial charge in [0.2, 0.25) is 0 Å². The Morgan fingerprint density at radius 2 is 2.00 bits per heavy atom. The second-order valence-electron chi connectivity index (χ2n) is 6.11. The van der Waals surface area contributed by atoms with E-state index in [0.29, 0.717) is 25.4 Å². The van der Waals surface area contributed by atoms with Crippen molar-refractivity contribution in [1.29, 1.82) is 0 Å². The highest BCUT2D eigenvalue weighted by Crippen LogP contribution is 2.09. The maximum Gasteiger partial charge on any atom is 0.289 e. The molecule has 1 saturated heterocycles. The molecule has 3 rings (SSSR count). The molecule has 1 aliphatic heterocycles. The lowest BCUT2D eigenvalue weighted by molar-refractivity contribution is -0.895. The van der Waals surface area contributed by atoms with Gasteiger partial charge in [-0.15, -0.1) is 0 Å². The van der Waals surface area contributed by atoms with E-state index < -0.39 is 0 Å². The normalized spacial score (nSPS) is 15.3. The summed E-state index contributed by atoms with van der Waals surface area (Å²) in [6.45, 7) is 5.19. The number of carbonyl (C=O) groups is 2. The van der Waals surface area contributed by atoms with Crippen LogP contribution in [0.3, 0.4) is 0 Å². The van der Waals surface area contributed by atoms with Gasteiger partial charge < -0.3 is 19.5 Å². The lowest BCUT2D eigenvalue weighted by Gasteiger charge is -2.31. The number of amides is 2. The molecule has 6 nitrogen and oxygen atoms in total. The number of anilines is 1. The summed E-state index contributed by atoms with van der Waals surface area (Å²) in [5, 5.41) is 2.93. The average molecular weight is 328 g/mol. The van der Waals surface area contributed by atoms with Crippen molar-refractivity contribution in [1.82, 2.24) is 4.90 Å². The van der Waals surface area contributed by atoms with Crippen molar-refractivity contribution < 1.29 is 18.9 Å². The molecule has 1 aliphatic rings. The van der Waals surface area contributed by atoms with E-state index in [1.54, 1.807) is 17.0 Å². The smallest absolute Gasteiger partial charge is 0.289 e. The molecule has 0 spiro atoms. The van der Waals surface area contributed by atoms with Crippen molar-refractivity contribution in [3.8, 4) is 0 Å². The van der Waals surface area contributed by atoms with E-state index in [1.807, 2.05) is 31.2 Å². The summed E-state index contributed by atoms with van der Waals surface area (Å²) in [6, 6.07) is 11.2. The van der Waals surface area contributed by atoms with E-state index in [0.717, 1.165) is 24.3 Å². The second-order valence-corrected chi connectivity index (χ2v) is 6.11. The molecule has 0 bridgehead atoms. The Morgan fingerprint density at radius 3 is 2.67 bits per heavy atom. The molecule has 0 saturated carbocycles. The number of piperazine rings is 1. The summed E-state index contributed by atoms with van der Waals surface area (Å²) in [5.74, 6) is 0.292. The van der Waals surface area contributed by atoms with Crippen molar-refractivity contribution in [2.24, 2.45) is 0 Å². The first-order chi connectivity index (χ1) is 11.6. The average Bonchev–Trinajstić information content (AvgIpc) is 3.09. The van der Waals surface area contributed by atoms with E-state index in [4.69, 9.17) is 4.42 Å². The van der Waals surface area contributed by atoms with Crippen molar-refractivity contribution in [2.75, 3.05) is 38.0 Å². The predicted octanol–water partition coefficient (Wildman–Crippen LogP) is 0.567. The molecule has 2 amide bonds. The Labute approximate surface area is 141 Å². The van der Waals surface area contributed by atoms with Crippen LogP contribution in [0.5, 0.6) is 0 Å². The SMILES string of the molecule is Cc1cccc(NC(=O)C[NH+]2CCN(C(=O)c3ccco3)CC2)c1. The minimum atomic E-state index is -0.0803. The standard InChI is InChI=1S/C18H21N3O3/c1-14-4-2-5-15(12-14)19-17(22)13-20-7-9-21(10-8-20)18(23)16-6-3-11-24-16/h2-6,11-12H,7-10,13H2,1H3,(H,19,22)/p+1. The van der Waals surface area contributed by atoms with Crippen LogP contribution in [-0.4, -0.2) is 49.4 Å². The van der Waals surface area contributed by atoms with E-state index in [-0.39, 0.29) is 11.8 Å². The molecule has 1 aromatic carbocycles. The van der Waals surface area contributed by atoms with Crippen molar-refractivity contribution >= 4 is 17.5 Å². The van der Waals surface area contributed by atoms with Gasteiger partial charge in [0.1, 0.15) is 0 Å². The van der Waals surface area contributed by atoms with Gasteiger partial charge in [0, 0.05) is 5.69 Å². The highest BCUT2D eigenvalue weighted by Gasteiger charge is 2.27. The van der Waals surface area contributed by atoms with Gasteiger partial charge in [0.25, 0.3) is 11.8 Å². The van der Waals surface area contributed by atoms with Gasteiger partial charge in [-0.3, -0.25) is 9.59 Å². The third-order valence-corrected chi connectivity index (χ3v) is 4.20. The molecule has 1 fully saturated rings. The van der Waals surface area contributed by atoms with E-state index in [2.05, 4.69) is 5.32 Å². The number of furan rings is 1. The number of rotatable bonds is 4. The molecule has 6 heteroatoms. The van der Waals surface area contributed by atoms with Crippen LogP contribution in [0.1, 0.15) is 16.1 Å². The van der Waals surface area contributed by atoms with Crippen LogP contribution in [0.15, 0.2) is 47.1 Å². The van der Waals surface area contributed by atoms with Gasteiger partial charge in [-0.2, -0.15) is 0 Å². The predicted molar refractivity (Wildman–Crippen MR) is 90.0 cm³/mol. The van der Waals surface area contributed by atoms with Gasteiger partial charge in [-0.1, -0.05) is 12.1 Å². The minimum Gasteiger partial charge on any atom is -0.459 e. The highest BCUT2D eigenvalue weighted by atomic mass is 16.3. The summed E-state index contributed by atoms with van der Waals surface area (Å²) in [4.78, 5) is 27.3. The number of benzene rings is 1. The lowest BCUT2D eigenvalue weighted by Crippen LogP contribution is -3.15. The number of hydrogen-bond acceptors (Lipinski definition) is 3.